The number of H-pyrrole nitrogens is 1. The van der Waals surface area contributed by atoms with Gasteiger partial charge < -0.3 is 10.3 Å². The Bertz CT molecular complexity index is 943. The van der Waals surface area contributed by atoms with Gasteiger partial charge in [-0.1, -0.05) is 72.4 Å². The molecule has 3 aromatic rings. The summed E-state index contributed by atoms with van der Waals surface area (Å²) in [4.78, 5) is 31.2. The van der Waals surface area contributed by atoms with Gasteiger partial charge in [0.15, 0.2) is 5.16 Å². The summed E-state index contributed by atoms with van der Waals surface area (Å²) in [5.74, 6) is 0.587. The Kier molecular flexibility index (Phi) is 7.44. The molecule has 0 unspecified atom stereocenters. The first kappa shape index (κ1) is 19.9. The normalized spacial score (nSPS) is 10.6. The van der Waals surface area contributed by atoms with Crippen LogP contribution < -0.4 is 10.9 Å². The van der Waals surface area contributed by atoms with E-state index in [-0.39, 0.29) is 17.9 Å². The number of nitrogens with one attached hydrogen (secondary N) is 2. The summed E-state index contributed by atoms with van der Waals surface area (Å²) in [6.07, 6.45) is 1.90. The van der Waals surface area contributed by atoms with Crippen molar-refractivity contribution >= 4 is 17.7 Å². The number of aryl methyl sites for hydroxylation is 1. The van der Waals surface area contributed by atoms with Gasteiger partial charge in [-0.25, -0.2) is 4.98 Å². The molecule has 3 rings (SSSR count). The fraction of sp³-hybridized carbons (Fsp3) is 0.227. The molecule has 0 saturated heterocycles. The average Bonchev–Trinajstić information content (AvgIpc) is 2.71. The molecule has 1 aromatic heterocycles. The lowest BCUT2D eigenvalue weighted by molar-refractivity contribution is -0.120. The topological polar surface area (TPSA) is 74.8 Å². The second kappa shape index (κ2) is 10.5. The first-order valence-electron chi connectivity index (χ1n) is 9.26. The smallest absolute Gasteiger partial charge is 0.251 e. The van der Waals surface area contributed by atoms with Crippen LogP contribution in [0.4, 0.5) is 0 Å². The van der Waals surface area contributed by atoms with Crippen LogP contribution in [0.5, 0.6) is 0 Å². The molecule has 1 heterocycles. The summed E-state index contributed by atoms with van der Waals surface area (Å²) in [6.45, 7) is 0.604. The third-order valence-electron chi connectivity index (χ3n) is 4.14. The number of amides is 1. The minimum absolute atomic E-state index is 0.105. The van der Waals surface area contributed by atoms with Gasteiger partial charge in [0.05, 0.1) is 12.1 Å². The maximum absolute atomic E-state index is 12.2. The minimum atomic E-state index is -0.238. The van der Waals surface area contributed by atoms with E-state index in [1.165, 1.54) is 23.4 Å². The maximum Gasteiger partial charge on any atom is 0.251 e. The molecule has 6 heteroatoms. The molecule has 0 fully saturated rings. The number of carbonyl (C=O) groups excluding carboxylic acids is 1. The Hall–Kier alpha value is -2.86. The van der Waals surface area contributed by atoms with Crippen LogP contribution in [-0.2, 0) is 23.4 Å². The number of rotatable bonds is 9. The second-order valence-corrected chi connectivity index (χ2v) is 7.40. The largest absolute Gasteiger partial charge is 0.356 e. The van der Waals surface area contributed by atoms with Gasteiger partial charge in [-0.3, -0.25) is 9.59 Å². The van der Waals surface area contributed by atoms with E-state index >= 15 is 0 Å². The second-order valence-electron chi connectivity index (χ2n) is 6.43. The number of aromatic amines is 1. The summed E-state index contributed by atoms with van der Waals surface area (Å²) in [6, 6.07) is 21.5. The lowest BCUT2D eigenvalue weighted by Crippen LogP contribution is -2.27. The van der Waals surface area contributed by atoms with Crippen molar-refractivity contribution in [3.8, 4) is 0 Å². The van der Waals surface area contributed by atoms with Gasteiger partial charge >= 0.3 is 0 Å². The summed E-state index contributed by atoms with van der Waals surface area (Å²) >= 11 is 1.45. The van der Waals surface area contributed by atoms with Gasteiger partial charge in [-0.05, 0) is 24.0 Å². The maximum atomic E-state index is 12.2. The molecule has 2 aromatic carbocycles. The van der Waals surface area contributed by atoms with E-state index in [2.05, 4.69) is 27.4 Å². The van der Waals surface area contributed by atoms with Crippen LogP contribution >= 0.6 is 11.8 Å². The first-order chi connectivity index (χ1) is 13.7. The molecular formula is C22H23N3O2S. The van der Waals surface area contributed by atoms with Crippen molar-refractivity contribution in [1.82, 2.24) is 15.3 Å². The summed E-state index contributed by atoms with van der Waals surface area (Å²) < 4.78 is 0. The number of hydrogen-bond donors (Lipinski definition) is 2. The quantitative estimate of drug-likeness (QED) is 0.332. The highest BCUT2D eigenvalue weighted by atomic mass is 32.2. The van der Waals surface area contributed by atoms with Crippen LogP contribution in [-0.4, -0.2) is 22.4 Å². The summed E-state index contributed by atoms with van der Waals surface area (Å²) in [7, 11) is 0. The first-order valence-corrected chi connectivity index (χ1v) is 10.3. The lowest BCUT2D eigenvalue weighted by atomic mass is 10.1. The minimum Gasteiger partial charge on any atom is -0.356 e. The predicted molar refractivity (Wildman–Crippen MR) is 112 cm³/mol. The number of hydrogen-bond acceptors (Lipinski definition) is 4. The van der Waals surface area contributed by atoms with E-state index in [4.69, 9.17) is 0 Å². The zero-order chi connectivity index (χ0) is 19.6. The molecular weight excluding hydrogens is 370 g/mol. The van der Waals surface area contributed by atoms with Gasteiger partial charge in [-0.15, -0.1) is 0 Å². The van der Waals surface area contributed by atoms with Crippen molar-refractivity contribution in [3.63, 3.8) is 0 Å². The van der Waals surface area contributed by atoms with Crippen LogP contribution in [0.15, 0.2) is 76.7 Å². The van der Waals surface area contributed by atoms with Gasteiger partial charge in [0.1, 0.15) is 0 Å². The molecule has 1 amide bonds. The fourth-order valence-electron chi connectivity index (χ4n) is 2.76. The van der Waals surface area contributed by atoms with Crippen LogP contribution in [0.25, 0.3) is 0 Å². The molecule has 0 aliphatic heterocycles. The Balaban J connectivity index is 1.47. The van der Waals surface area contributed by atoms with Crippen molar-refractivity contribution in [2.75, 3.05) is 6.54 Å². The van der Waals surface area contributed by atoms with Crippen molar-refractivity contribution in [2.24, 2.45) is 0 Å². The Morgan fingerprint density at radius 3 is 2.39 bits per heavy atom. The summed E-state index contributed by atoms with van der Waals surface area (Å²) in [5, 5.41) is 3.43. The molecule has 0 bridgehead atoms. The van der Waals surface area contributed by atoms with Gasteiger partial charge in [-0.2, -0.15) is 0 Å². The Labute approximate surface area is 168 Å². The van der Waals surface area contributed by atoms with Gasteiger partial charge in [0.25, 0.3) is 5.56 Å². The molecule has 0 aliphatic carbocycles. The number of nitrogens with zero attached hydrogens (tertiary/aromatic N) is 1. The highest BCUT2D eigenvalue weighted by molar-refractivity contribution is 7.98. The SMILES string of the molecule is O=C(Cc1cc(=O)[nH]c(SCc2ccccc2)n1)NCCCc1ccccc1. The monoisotopic (exact) mass is 393 g/mol. The molecule has 0 spiro atoms. The third kappa shape index (κ3) is 6.70. The standard InChI is InChI=1S/C22H23N3O2S/c26-20(23-13-7-12-17-8-3-1-4-9-17)14-19-15-21(27)25-22(24-19)28-16-18-10-5-2-6-11-18/h1-6,8-11,15H,7,12-14,16H2,(H,23,26)(H,24,25,27). The number of thioether (sulfide) groups is 1. The summed E-state index contributed by atoms with van der Waals surface area (Å²) in [5.41, 5.74) is 2.65. The van der Waals surface area contributed by atoms with Gasteiger partial charge in [0.2, 0.25) is 5.91 Å². The van der Waals surface area contributed by atoms with E-state index in [0.29, 0.717) is 23.1 Å². The zero-order valence-electron chi connectivity index (χ0n) is 15.6. The number of benzene rings is 2. The van der Waals surface area contributed by atoms with Crippen LogP contribution in [0, 0.1) is 0 Å². The van der Waals surface area contributed by atoms with Gasteiger partial charge in [0, 0.05) is 18.4 Å². The predicted octanol–water partition coefficient (Wildman–Crippen LogP) is 3.35. The molecule has 0 aliphatic rings. The van der Waals surface area contributed by atoms with Crippen LogP contribution in [0.1, 0.15) is 23.2 Å². The van der Waals surface area contributed by atoms with E-state index in [1.807, 2.05) is 48.5 Å². The molecule has 144 valence electrons. The molecule has 0 atom stereocenters. The average molecular weight is 394 g/mol. The van der Waals surface area contributed by atoms with E-state index in [9.17, 15) is 9.59 Å². The van der Waals surface area contributed by atoms with E-state index in [0.717, 1.165) is 18.4 Å². The zero-order valence-corrected chi connectivity index (χ0v) is 16.4. The lowest BCUT2D eigenvalue weighted by Gasteiger charge is -2.06. The number of carbonyl (C=O) groups is 1. The van der Waals surface area contributed by atoms with Crippen molar-refractivity contribution in [1.29, 1.82) is 0 Å². The highest BCUT2D eigenvalue weighted by Gasteiger charge is 2.08. The molecule has 5 nitrogen and oxygen atoms in total. The molecule has 0 saturated carbocycles. The van der Waals surface area contributed by atoms with E-state index < -0.39 is 0 Å². The van der Waals surface area contributed by atoms with Crippen molar-refractivity contribution in [3.05, 3.63) is 93.9 Å². The molecule has 0 radical (unpaired) electrons. The fourth-order valence-corrected chi connectivity index (χ4v) is 3.61. The highest BCUT2D eigenvalue weighted by Crippen LogP contribution is 2.18. The Morgan fingerprint density at radius 1 is 1.00 bits per heavy atom. The van der Waals surface area contributed by atoms with Crippen LogP contribution in [0.3, 0.4) is 0 Å². The van der Waals surface area contributed by atoms with Crippen LogP contribution in [0.2, 0.25) is 0 Å². The number of aromatic nitrogens is 2. The van der Waals surface area contributed by atoms with E-state index in [1.54, 1.807) is 0 Å². The molecule has 28 heavy (non-hydrogen) atoms. The van der Waals surface area contributed by atoms with Crippen molar-refractivity contribution < 1.29 is 4.79 Å². The Morgan fingerprint density at radius 2 is 1.68 bits per heavy atom. The van der Waals surface area contributed by atoms with Crippen molar-refractivity contribution in [2.45, 2.75) is 30.2 Å². The molecule has 2 N–H and O–H groups in total. The third-order valence-corrected chi connectivity index (χ3v) is 5.08.